The van der Waals surface area contributed by atoms with Crippen molar-refractivity contribution in [3.8, 4) is 0 Å². The van der Waals surface area contributed by atoms with Gasteiger partial charge < -0.3 is 10.1 Å². The van der Waals surface area contributed by atoms with Gasteiger partial charge in [-0.25, -0.2) is 0 Å². The maximum absolute atomic E-state index is 5.52. The molecule has 0 aromatic carbocycles. The van der Waals surface area contributed by atoms with Gasteiger partial charge >= 0.3 is 0 Å². The highest BCUT2D eigenvalue weighted by atomic mass is 16.5. The summed E-state index contributed by atoms with van der Waals surface area (Å²) in [6.07, 6.45) is 4.14. The number of ether oxygens (including phenoxy) is 1. The first-order valence-corrected chi connectivity index (χ1v) is 5.70. The molecule has 1 N–H and O–H groups in total. The predicted octanol–water partition coefficient (Wildman–Crippen LogP) is 1.66. The zero-order chi connectivity index (χ0) is 9.10. The third-order valence-electron chi connectivity index (χ3n) is 3.43. The van der Waals surface area contributed by atoms with Crippen LogP contribution >= 0.6 is 0 Å². The van der Waals surface area contributed by atoms with Crippen LogP contribution in [0.25, 0.3) is 0 Å². The molecule has 1 aliphatic carbocycles. The van der Waals surface area contributed by atoms with Gasteiger partial charge in [0.15, 0.2) is 0 Å². The molecular formula is C11H21NO. The molecule has 0 aromatic rings. The minimum Gasteiger partial charge on any atom is -0.381 e. The number of nitrogens with one attached hydrogen (secondary N) is 1. The van der Waals surface area contributed by atoms with Crippen molar-refractivity contribution in [2.75, 3.05) is 26.3 Å². The predicted molar refractivity (Wildman–Crippen MR) is 53.7 cm³/mol. The maximum atomic E-state index is 5.52. The summed E-state index contributed by atoms with van der Waals surface area (Å²) in [5, 5.41) is 3.44. The Morgan fingerprint density at radius 2 is 2.38 bits per heavy atom. The highest BCUT2D eigenvalue weighted by molar-refractivity contribution is 4.92. The lowest BCUT2D eigenvalue weighted by atomic mass is 9.96. The third kappa shape index (κ3) is 2.44. The van der Waals surface area contributed by atoms with Gasteiger partial charge in [-0.05, 0) is 50.1 Å². The van der Waals surface area contributed by atoms with Gasteiger partial charge in [0.05, 0.1) is 0 Å². The molecule has 0 spiro atoms. The Kier molecular flexibility index (Phi) is 3.23. The quantitative estimate of drug-likeness (QED) is 0.715. The van der Waals surface area contributed by atoms with Crippen LogP contribution in [0.3, 0.4) is 0 Å². The SMILES string of the molecule is CCNCC1CC1C1CCCOC1. The van der Waals surface area contributed by atoms with Crippen LogP contribution in [-0.4, -0.2) is 26.3 Å². The molecule has 1 saturated heterocycles. The second kappa shape index (κ2) is 4.43. The molecule has 0 aromatic heterocycles. The van der Waals surface area contributed by atoms with Gasteiger partial charge in [-0.3, -0.25) is 0 Å². The lowest BCUT2D eigenvalue weighted by molar-refractivity contribution is 0.0444. The highest BCUT2D eigenvalue weighted by Crippen LogP contribution is 2.46. The van der Waals surface area contributed by atoms with E-state index >= 15 is 0 Å². The Bertz CT molecular complexity index is 154. The van der Waals surface area contributed by atoms with E-state index in [0.29, 0.717) is 0 Å². The molecule has 76 valence electrons. The van der Waals surface area contributed by atoms with Crippen molar-refractivity contribution in [1.82, 2.24) is 5.32 Å². The van der Waals surface area contributed by atoms with Gasteiger partial charge in [0.2, 0.25) is 0 Å². The summed E-state index contributed by atoms with van der Waals surface area (Å²) < 4.78 is 5.52. The number of hydrogen-bond acceptors (Lipinski definition) is 2. The number of rotatable bonds is 4. The fourth-order valence-corrected chi connectivity index (χ4v) is 2.52. The molecule has 0 radical (unpaired) electrons. The first-order chi connectivity index (χ1) is 6.42. The van der Waals surface area contributed by atoms with E-state index in [1.54, 1.807) is 0 Å². The molecule has 0 amide bonds. The molecule has 2 heteroatoms. The van der Waals surface area contributed by atoms with Crippen molar-refractivity contribution >= 4 is 0 Å². The van der Waals surface area contributed by atoms with Crippen LogP contribution in [-0.2, 0) is 4.74 Å². The fourth-order valence-electron chi connectivity index (χ4n) is 2.52. The largest absolute Gasteiger partial charge is 0.381 e. The number of hydrogen-bond donors (Lipinski definition) is 1. The second-order valence-corrected chi connectivity index (χ2v) is 4.44. The van der Waals surface area contributed by atoms with Crippen LogP contribution in [0.2, 0.25) is 0 Å². The van der Waals surface area contributed by atoms with Crippen molar-refractivity contribution in [2.24, 2.45) is 17.8 Å². The topological polar surface area (TPSA) is 21.3 Å². The third-order valence-corrected chi connectivity index (χ3v) is 3.43. The lowest BCUT2D eigenvalue weighted by Gasteiger charge is -2.22. The first-order valence-electron chi connectivity index (χ1n) is 5.70. The molecule has 1 saturated carbocycles. The summed E-state index contributed by atoms with van der Waals surface area (Å²) in [7, 11) is 0. The standard InChI is InChI=1S/C11H21NO/c1-2-12-7-10-6-11(10)9-4-3-5-13-8-9/h9-12H,2-8H2,1H3. The van der Waals surface area contributed by atoms with E-state index < -0.39 is 0 Å². The van der Waals surface area contributed by atoms with Gasteiger partial charge in [0.1, 0.15) is 0 Å². The molecular weight excluding hydrogens is 162 g/mol. The summed E-state index contributed by atoms with van der Waals surface area (Å²) in [5.74, 6) is 2.84. The minimum atomic E-state index is 0.886. The van der Waals surface area contributed by atoms with Gasteiger partial charge in [0, 0.05) is 13.2 Å². The molecule has 1 heterocycles. The molecule has 13 heavy (non-hydrogen) atoms. The van der Waals surface area contributed by atoms with E-state index in [-0.39, 0.29) is 0 Å². The smallest absolute Gasteiger partial charge is 0.0497 e. The Labute approximate surface area is 81.0 Å². The minimum absolute atomic E-state index is 0.886. The van der Waals surface area contributed by atoms with Gasteiger partial charge in [-0.2, -0.15) is 0 Å². The molecule has 3 unspecified atom stereocenters. The maximum Gasteiger partial charge on any atom is 0.0497 e. The van der Waals surface area contributed by atoms with Crippen LogP contribution < -0.4 is 5.32 Å². The summed E-state index contributed by atoms with van der Waals surface area (Å²) in [6, 6.07) is 0. The van der Waals surface area contributed by atoms with Gasteiger partial charge in [-0.15, -0.1) is 0 Å². The van der Waals surface area contributed by atoms with E-state index in [0.717, 1.165) is 37.5 Å². The Hall–Kier alpha value is -0.0800. The Balaban J connectivity index is 1.66. The zero-order valence-electron chi connectivity index (χ0n) is 8.59. The van der Waals surface area contributed by atoms with Crippen molar-refractivity contribution in [3.05, 3.63) is 0 Å². The van der Waals surface area contributed by atoms with Crippen LogP contribution in [0.1, 0.15) is 26.2 Å². The van der Waals surface area contributed by atoms with E-state index in [2.05, 4.69) is 12.2 Å². The summed E-state index contributed by atoms with van der Waals surface area (Å²) in [6.45, 7) is 6.57. The van der Waals surface area contributed by atoms with Crippen molar-refractivity contribution in [2.45, 2.75) is 26.2 Å². The lowest BCUT2D eigenvalue weighted by Crippen LogP contribution is -2.22. The molecule has 2 nitrogen and oxygen atoms in total. The second-order valence-electron chi connectivity index (χ2n) is 4.44. The first kappa shape index (κ1) is 9.47. The van der Waals surface area contributed by atoms with Crippen molar-refractivity contribution in [1.29, 1.82) is 0 Å². The summed E-state index contributed by atoms with van der Waals surface area (Å²) in [5.41, 5.74) is 0. The molecule has 2 aliphatic rings. The van der Waals surface area contributed by atoms with Crippen molar-refractivity contribution < 1.29 is 4.74 Å². The average molecular weight is 183 g/mol. The average Bonchev–Trinajstić information content (AvgIpc) is 2.95. The highest BCUT2D eigenvalue weighted by Gasteiger charge is 2.42. The van der Waals surface area contributed by atoms with Gasteiger partial charge in [-0.1, -0.05) is 6.92 Å². The van der Waals surface area contributed by atoms with E-state index in [1.807, 2.05) is 0 Å². The molecule has 2 rings (SSSR count). The zero-order valence-corrected chi connectivity index (χ0v) is 8.59. The van der Waals surface area contributed by atoms with Crippen molar-refractivity contribution in [3.63, 3.8) is 0 Å². The molecule has 3 atom stereocenters. The molecule has 0 bridgehead atoms. The fraction of sp³-hybridized carbons (Fsp3) is 1.00. The van der Waals surface area contributed by atoms with E-state index in [9.17, 15) is 0 Å². The molecule has 2 fully saturated rings. The van der Waals surface area contributed by atoms with Gasteiger partial charge in [0.25, 0.3) is 0 Å². The molecule has 1 aliphatic heterocycles. The summed E-state index contributed by atoms with van der Waals surface area (Å²) in [4.78, 5) is 0. The Morgan fingerprint density at radius 1 is 1.46 bits per heavy atom. The monoisotopic (exact) mass is 183 g/mol. The van der Waals surface area contributed by atoms with Crippen LogP contribution in [0, 0.1) is 17.8 Å². The Morgan fingerprint density at radius 3 is 3.08 bits per heavy atom. The normalized spacial score (nSPS) is 39.0. The van der Waals surface area contributed by atoms with Crippen LogP contribution in [0.15, 0.2) is 0 Å². The van der Waals surface area contributed by atoms with Crippen LogP contribution in [0.4, 0.5) is 0 Å². The van der Waals surface area contributed by atoms with Crippen LogP contribution in [0.5, 0.6) is 0 Å². The summed E-state index contributed by atoms with van der Waals surface area (Å²) >= 11 is 0. The van der Waals surface area contributed by atoms with E-state index in [1.165, 1.54) is 25.8 Å². The van der Waals surface area contributed by atoms with E-state index in [4.69, 9.17) is 4.74 Å².